The number of benzene rings is 2. The highest BCUT2D eigenvalue weighted by Crippen LogP contribution is 2.50. The SMILES string of the molecule is CCOC(=O)c1cc(Cl)cc(C)c1NC(=O)C1([N+]2(CC(=O)OCc3ccccc3)CCCC2)CC1. The smallest absolute Gasteiger partial charge is 0.362 e. The standard InChI is InChI=1S/C27H31ClN2O5/c1-3-34-25(32)22-16-21(28)15-19(2)24(22)29-26(33)27(11-12-27)30(13-7-8-14-30)17-23(31)35-18-20-9-5-4-6-10-20/h4-6,9-10,15-16H,3,7-8,11-14,17-18H2,1-2H3/p+1. The molecule has 7 nitrogen and oxygen atoms in total. The molecule has 2 aromatic carbocycles. The molecule has 2 aliphatic rings. The number of hydrogen-bond acceptors (Lipinski definition) is 5. The van der Waals surface area contributed by atoms with Gasteiger partial charge in [-0.1, -0.05) is 41.9 Å². The number of ether oxygens (including phenoxy) is 2. The first kappa shape index (κ1) is 25.2. The predicted molar refractivity (Wildman–Crippen MR) is 133 cm³/mol. The molecule has 0 spiro atoms. The maximum atomic E-state index is 13.8. The first-order valence-electron chi connectivity index (χ1n) is 12.1. The highest BCUT2D eigenvalue weighted by atomic mass is 35.5. The minimum atomic E-state index is -0.708. The van der Waals surface area contributed by atoms with Gasteiger partial charge < -0.3 is 19.3 Å². The molecule has 2 aromatic rings. The second-order valence-electron chi connectivity index (χ2n) is 9.46. The number of aryl methyl sites for hydroxylation is 1. The first-order chi connectivity index (χ1) is 16.8. The lowest BCUT2D eigenvalue weighted by Crippen LogP contribution is -2.62. The van der Waals surface area contributed by atoms with E-state index in [1.165, 1.54) is 6.07 Å². The van der Waals surface area contributed by atoms with Crippen LogP contribution >= 0.6 is 11.6 Å². The molecule has 4 rings (SSSR count). The normalized spacial score (nSPS) is 17.5. The van der Waals surface area contributed by atoms with Crippen LogP contribution in [0.15, 0.2) is 42.5 Å². The van der Waals surface area contributed by atoms with Crippen molar-refractivity contribution in [3.63, 3.8) is 0 Å². The van der Waals surface area contributed by atoms with Crippen molar-refractivity contribution in [3.05, 3.63) is 64.2 Å². The van der Waals surface area contributed by atoms with Crippen LogP contribution in [0.25, 0.3) is 0 Å². The number of anilines is 1. The lowest BCUT2D eigenvalue weighted by atomic mass is 10.1. The van der Waals surface area contributed by atoms with E-state index in [-0.39, 0.29) is 37.2 Å². The molecule has 1 aliphatic carbocycles. The predicted octanol–water partition coefficient (Wildman–Crippen LogP) is 4.65. The molecule has 1 amide bonds. The molecule has 0 radical (unpaired) electrons. The van der Waals surface area contributed by atoms with Crippen LogP contribution in [0.5, 0.6) is 0 Å². The van der Waals surface area contributed by atoms with Gasteiger partial charge in [0, 0.05) is 30.7 Å². The number of halogens is 1. The molecule has 0 atom stereocenters. The third-order valence-electron chi connectivity index (χ3n) is 7.19. The zero-order valence-electron chi connectivity index (χ0n) is 20.3. The van der Waals surface area contributed by atoms with E-state index in [9.17, 15) is 14.4 Å². The monoisotopic (exact) mass is 499 g/mol. The molecule has 8 heteroatoms. The fourth-order valence-electron chi connectivity index (χ4n) is 5.25. The molecule has 1 aliphatic heterocycles. The summed E-state index contributed by atoms with van der Waals surface area (Å²) in [6.45, 7) is 5.61. The van der Waals surface area contributed by atoms with Gasteiger partial charge in [0.1, 0.15) is 6.61 Å². The topological polar surface area (TPSA) is 81.7 Å². The van der Waals surface area contributed by atoms with Crippen LogP contribution in [0.1, 0.15) is 54.1 Å². The van der Waals surface area contributed by atoms with Gasteiger partial charge in [-0.25, -0.2) is 9.59 Å². The number of carbonyl (C=O) groups excluding carboxylic acids is 3. The van der Waals surface area contributed by atoms with Crippen molar-refractivity contribution in [2.24, 2.45) is 0 Å². The van der Waals surface area contributed by atoms with Gasteiger partial charge in [-0.3, -0.25) is 4.79 Å². The molecule has 1 saturated heterocycles. The quantitative estimate of drug-likeness (QED) is 0.401. The van der Waals surface area contributed by atoms with Gasteiger partial charge in [0.25, 0.3) is 5.91 Å². The van der Waals surface area contributed by atoms with Crippen molar-refractivity contribution in [2.45, 2.75) is 51.7 Å². The lowest BCUT2D eigenvalue weighted by Gasteiger charge is -2.40. The van der Waals surface area contributed by atoms with Crippen LogP contribution in [-0.4, -0.2) is 54.1 Å². The van der Waals surface area contributed by atoms with Crippen LogP contribution in [-0.2, 0) is 25.7 Å². The van der Waals surface area contributed by atoms with Gasteiger partial charge in [0.15, 0.2) is 12.1 Å². The summed E-state index contributed by atoms with van der Waals surface area (Å²) in [5, 5.41) is 3.41. The van der Waals surface area contributed by atoms with Crippen LogP contribution in [0.4, 0.5) is 5.69 Å². The fourth-order valence-corrected chi connectivity index (χ4v) is 5.53. The largest absolute Gasteiger partial charge is 0.462 e. The van der Waals surface area contributed by atoms with Gasteiger partial charge in [0.2, 0.25) is 0 Å². The Labute approximate surface area is 210 Å². The number of carbonyl (C=O) groups is 3. The minimum Gasteiger partial charge on any atom is -0.462 e. The van der Waals surface area contributed by atoms with Gasteiger partial charge >= 0.3 is 11.9 Å². The average Bonchev–Trinajstić information content (AvgIpc) is 3.53. The molecule has 0 bridgehead atoms. The Hall–Kier alpha value is -2.90. The van der Waals surface area contributed by atoms with Crippen molar-refractivity contribution in [1.82, 2.24) is 0 Å². The second kappa shape index (κ2) is 10.4. The summed E-state index contributed by atoms with van der Waals surface area (Å²) in [5.74, 6) is -1.01. The number of amides is 1. The summed E-state index contributed by atoms with van der Waals surface area (Å²) in [5.41, 5.74) is 1.54. The molecule has 186 valence electrons. The number of nitrogens with one attached hydrogen (secondary N) is 1. The highest BCUT2D eigenvalue weighted by molar-refractivity contribution is 6.31. The molecule has 1 N–H and O–H groups in total. The summed E-state index contributed by atoms with van der Waals surface area (Å²) in [6.07, 6.45) is 3.28. The van der Waals surface area contributed by atoms with E-state index in [0.29, 0.717) is 33.6 Å². The Bertz CT molecular complexity index is 1110. The number of rotatable bonds is 9. The van der Waals surface area contributed by atoms with E-state index in [1.54, 1.807) is 19.9 Å². The van der Waals surface area contributed by atoms with Gasteiger partial charge in [0.05, 0.1) is 30.9 Å². The van der Waals surface area contributed by atoms with E-state index in [2.05, 4.69) is 5.32 Å². The van der Waals surface area contributed by atoms with Crippen LogP contribution < -0.4 is 5.32 Å². The van der Waals surface area contributed by atoms with Crippen molar-refractivity contribution in [3.8, 4) is 0 Å². The van der Waals surface area contributed by atoms with Crippen LogP contribution in [0.2, 0.25) is 5.02 Å². The summed E-state index contributed by atoms with van der Waals surface area (Å²) in [4.78, 5) is 39.2. The average molecular weight is 500 g/mol. The Morgan fingerprint density at radius 2 is 1.74 bits per heavy atom. The second-order valence-corrected chi connectivity index (χ2v) is 9.89. The minimum absolute atomic E-state index is 0.157. The van der Waals surface area contributed by atoms with E-state index < -0.39 is 11.5 Å². The molecule has 1 saturated carbocycles. The van der Waals surface area contributed by atoms with Crippen molar-refractivity contribution in [2.75, 3.05) is 31.6 Å². The van der Waals surface area contributed by atoms with E-state index in [4.69, 9.17) is 21.1 Å². The van der Waals surface area contributed by atoms with Crippen molar-refractivity contribution in [1.29, 1.82) is 0 Å². The number of hydrogen-bond donors (Lipinski definition) is 1. The van der Waals surface area contributed by atoms with Crippen molar-refractivity contribution >= 4 is 35.1 Å². The summed E-state index contributed by atoms with van der Waals surface area (Å²) in [6, 6.07) is 12.8. The molecular weight excluding hydrogens is 468 g/mol. The fraction of sp³-hybridized carbons (Fsp3) is 0.444. The molecule has 2 fully saturated rings. The first-order valence-corrected chi connectivity index (χ1v) is 12.5. The van der Waals surface area contributed by atoms with Gasteiger partial charge in [-0.05, 0) is 37.1 Å². The van der Waals surface area contributed by atoms with Gasteiger partial charge in [-0.15, -0.1) is 0 Å². The number of likely N-dealkylation sites (tertiary alicyclic amines) is 1. The summed E-state index contributed by atoms with van der Waals surface area (Å²) in [7, 11) is 0. The zero-order valence-corrected chi connectivity index (χ0v) is 21.0. The maximum absolute atomic E-state index is 13.8. The molecule has 0 unspecified atom stereocenters. The Balaban J connectivity index is 1.53. The van der Waals surface area contributed by atoms with E-state index in [1.807, 2.05) is 30.3 Å². The highest BCUT2D eigenvalue weighted by Gasteiger charge is 2.67. The Morgan fingerprint density at radius 1 is 1.06 bits per heavy atom. The van der Waals surface area contributed by atoms with Crippen molar-refractivity contribution < 1.29 is 28.3 Å². The molecule has 0 aromatic heterocycles. The lowest BCUT2D eigenvalue weighted by molar-refractivity contribution is -0.934. The summed E-state index contributed by atoms with van der Waals surface area (Å²) >= 11 is 6.19. The number of esters is 2. The third-order valence-corrected chi connectivity index (χ3v) is 7.40. The third kappa shape index (κ3) is 5.21. The number of quaternary nitrogens is 1. The molecule has 35 heavy (non-hydrogen) atoms. The Kier molecular flexibility index (Phi) is 7.47. The van der Waals surface area contributed by atoms with E-state index >= 15 is 0 Å². The molecular formula is C27H32ClN2O5+. The summed E-state index contributed by atoms with van der Waals surface area (Å²) < 4.78 is 11.2. The van der Waals surface area contributed by atoms with E-state index in [0.717, 1.165) is 31.5 Å². The van der Waals surface area contributed by atoms with Gasteiger partial charge in [-0.2, -0.15) is 0 Å². The zero-order chi connectivity index (χ0) is 25.1. The van der Waals surface area contributed by atoms with Crippen LogP contribution in [0, 0.1) is 6.92 Å². The Morgan fingerprint density at radius 3 is 2.37 bits per heavy atom. The molecule has 1 heterocycles. The maximum Gasteiger partial charge on any atom is 0.362 e. The number of nitrogens with zero attached hydrogens (tertiary/aromatic N) is 1. The van der Waals surface area contributed by atoms with Crippen LogP contribution in [0.3, 0.4) is 0 Å².